The number of hydrogen-bond donors (Lipinski definition) is 0. The van der Waals surface area contributed by atoms with Crippen LogP contribution in [0.3, 0.4) is 0 Å². The van der Waals surface area contributed by atoms with E-state index in [0.717, 1.165) is 5.56 Å². The summed E-state index contributed by atoms with van der Waals surface area (Å²) in [5, 5.41) is 0. The lowest BCUT2D eigenvalue weighted by atomic mass is 10.1. The third-order valence-corrected chi connectivity index (χ3v) is 3.60. The predicted molar refractivity (Wildman–Crippen MR) is 85.4 cm³/mol. The van der Waals surface area contributed by atoms with Gasteiger partial charge >= 0.3 is 5.97 Å². The van der Waals surface area contributed by atoms with Gasteiger partial charge in [-0.05, 0) is 17.2 Å². The van der Waals surface area contributed by atoms with Crippen molar-refractivity contribution < 1.29 is 23.7 Å². The number of nitrogens with zero attached hydrogens (tertiary/aromatic N) is 1. The number of carbonyl (C=O) groups is 1. The molecule has 0 radical (unpaired) electrons. The Morgan fingerprint density at radius 3 is 2.67 bits per heavy atom. The molecule has 1 saturated heterocycles. The van der Waals surface area contributed by atoms with Gasteiger partial charge in [-0.25, -0.2) is 0 Å². The monoisotopic (exact) mass is 329 g/mol. The van der Waals surface area contributed by atoms with Gasteiger partial charge in [-0.2, -0.15) is 0 Å². The number of rotatable bonds is 6. The fourth-order valence-corrected chi connectivity index (χ4v) is 2.38. The number of ether oxygens (including phenoxy) is 4. The largest absolute Gasteiger partial charge is 0.487 e. The molecular weight excluding hydrogens is 310 g/mol. The average Bonchev–Trinajstić information content (AvgIpc) is 3.15. The number of carbonyl (C=O) groups excluding carboxylic acids is 1. The third kappa shape index (κ3) is 4.10. The second-order valence-electron chi connectivity index (χ2n) is 5.33. The van der Waals surface area contributed by atoms with E-state index >= 15 is 0 Å². The Morgan fingerprint density at radius 2 is 1.96 bits per heavy atom. The van der Waals surface area contributed by atoms with Crippen molar-refractivity contribution >= 4 is 5.97 Å². The Kier molecular flexibility index (Phi) is 5.40. The fourth-order valence-electron chi connectivity index (χ4n) is 2.38. The molecule has 1 aromatic carbocycles. The SMILES string of the molecule is COC(=O)Cc1cnc(C2OCCO2)c(OCc2ccccc2)c1. The molecule has 0 atom stereocenters. The zero-order valence-electron chi connectivity index (χ0n) is 13.4. The van der Waals surface area contributed by atoms with Gasteiger partial charge in [0, 0.05) is 6.20 Å². The van der Waals surface area contributed by atoms with Crippen molar-refractivity contribution in [3.8, 4) is 5.75 Å². The Hall–Kier alpha value is -2.44. The Balaban J connectivity index is 1.81. The lowest BCUT2D eigenvalue weighted by molar-refractivity contribution is -0.139. The molecule has 0 amide bonds. The van der Waals surface area contributed by atoms with Crippen LogP contribution in [0.2, 0.25) is 0 Å². The maximum atomic E-state index is 11.5. The van der Waals surface area contributed by atoms with Gasteiger partial charge in [0.15, 0.2) is 0 Å². The Labute approximate surface area is 140 Å². The van der Waals surface area contributed by atoms with Crippen LogP contribution in [-0.2, 0) is 32.0 Å². The van der Waals surface area contributed by atoms with Crippen LogP contribution in [0.25, 0.3) is 0 Å². The van der Waals surface area contributed by atoms with Crippen LogP contribution in [0.5, 0.6) is 5.75 Å². The minimum Gasteiger partial charge on any atom is -0.487 e. The van der Waals surface area contributed by atoms with Crippen molar-refractivity contribution in [1.29, 1.82) is 0 Å². The molecule has 6 nitrogen and oxygen atoms in total. The molecule has 0 unspecified atom stereocenters. The van der Waals surface area contributed by atoms with Gasteiger partial charge in [-0.15, -0.1) is 0 Å². The van der Waals surface area contributed by atoms with E-state index in [1.54, 1.807) is 12.3 Å². The minimum atomic E-state index is -0.539. The van der Waals surface area contributed by atoms with Gasteiger partial charge in [0.25, 0.3) is 0 Å². The summed E-state index contributed by atoms with van der Waals surface area (Å²) in [6.07, 6.45) is 1.22. The summed E-state index contributed by atoms with van der Waals surface area (Å²) in [4.78, 5) is 15.9. The molecule has 0 N–H and O–H groups in total. The quantitative estimate of drug-likeness (QED) is 0.758. The average molecular weight is 329 g/mol. The normalized spacial score (nSPS) is 14.5. The number of pyridine rings is 1. The summed E-state index contributed by atoms with van der Waals surface area (Å²) in [5.41, 5.74) is 2.33. The van der Waals surface area contributed by atoms with Crippen molar-refractivity contribution in [1.82, 2.24) is 4.98 Å². The van der Waals surface area contributed by atoms with E-state index in [-0.39, 0.29) is 12.4 Å². The molecule has 0 bridgehead atoms. The van der Waals surface area contributed by atoms with E-state index in [1.807, 2.05) is 30.3 Å². The van der Waals surface area contributed by atoms with Gasteiger partial charge in [-0.3, -0.25) is 9.78 Å². The topological polar surface area (TPSA) is 66.9 Å². The zero-order valence-corrected chi connectivity index (χ0v) is 13.4. The van der Waals surface area contributed by atoms with Crippen molar-refractivity contribution in [3.63, 3.8) is 0 Å². The van der Waals surface area contributed by atoms with Crippen molar-refractivity contribution in [2.24, 2.45) is 0 Å². The second kappa shape index (κ2) is 7.90. The van der Waals surface area contributed by atoms with E-state index in [1.165, 1.54) is 7.11 Å². The molecular formula is C18H19NO5. The Morgan fingerprint density at radius 1 is 1.21 bits per heavy atom. The zero-order chi connectivity index (χ0) is 16.8. The van der Waals surface area contributed by atoms with Crippen LogP contribution < -0.4 is 4.74 Å². The molecule has 0 saturated carbocycles. The fraction of sp³-hybridized carbons (Fsp3) is 0.333. The molecule has 2 aromatic rings. The number of benzene rings is 1. The van der Waals surface area contributed by atoms with E-state index in [0.29, 0.717) is 36.8 Å². The number of aromatic nitrogens is 1. The van der Waals surface area contributed by atoms with Gasteiger partial charge in [-0.1, -0.05) is 30.3 Å². The summed E-state index contributed by atoms with van der Waals surface area (Å²) in [6.45, 7) is 1.44. The lowest BCUT2D eigenvalue weighted by Gasteiger charge is -2.15. The Bertz CT molecular complexity index is 683. The van der Waals surface area contributed by atoms with Crippen LogP contribution in [0.15, 0.2) is 42.6 Å². The molecule has 126 valence electrons. The van der Waals surface area contributed by atoms with Gasteiger partial charge in [0.2, 0.25) is 6.29 Å². The van der Waals surface area contributed by atoms with Crippen LogP contribution in [0, 0.1) is 0 Å². The summed E-state index contributed by atoms with van der Waals surface area (Å²) in [5.74, 6) is 0.221. The molecule has 3 rings (SSSR count). The predicted octanol–water partition coefficient (Wildman–Crippen LogP) is 2.42. The summed E-state index contributed by atoms with van der Waals surface area (Å²) in [7, 11) is 1.36. The van der Waals surface area contributed by atoms with E-state index in [2.05, 4.69) is 4.98 Å². The van der Waals surface area contributed by atoms with Crippen molar-refractivity contribution in [3.05, 3.63) is 59.4 Å². The highest BCUT2D eigenvalue weighted by molar-refractivity contribution is 5.72. The van der Waals surface area contributed by atoms with Gasteiger partial charge in [0.1, 0.15) is 18.1 Å². The molecule has 1 fully saturated rings. The van der Waals surface area contributed by atoms with Crippen LogP contribution in [-0.4, -0.2) is 31.3 Å². The van der Waals surface area contributed by atoms with E-state index < -0.39 is 6.29 Å². The smallest absolute Gasteiger partial charge is 0.310 e. The van der Waals surface area contributed by atoms with Crippen molar-refractivity contribution in [2.75, 3.05) is 20.3 Å². The molecule has 2 heterocycles. The van der Waals surface area contributed by atoms with Crippen LogP contribution in [0.4, 0.5) is 0 Å². The van der Waals surface area contributed by atoms with E-state index in [9.17, 15) is 4.79 Å². The molecule has 0 spiro atoms. The summed E-state index contributed by atoms with van der Waals surface area (Å²) >= 11 is 0. The van der Waals surface area contributed by atoms with Gasteiger partial charge < -0.3 is 18.9 Å². The molecule has 1 aliphatic rings. The second-order valence-corrected chi connectivity index (χ2v) is 5.33. The first-order chi connectivity index (χ1) is 11.8. The molecule has 24 heavy (non-hydrogen) atoms. The highest BCUT2D eigenvalue weighted by atomic mass is 16.7. The highest BCUT2D eigenvalue weighted by Gasteiger charge is 2.24. The van der Waals surface area contributed by atoms with Crippen LogP contribution in [0.1, 0.15) is 23.1 Å². The number of hydrogen-bond acceptors (Lipinski definition) is 6. The maximum Gasteiger partial charge on any atom is 0.310 e. The number of methoxy groups -OCH3 is 1. The summed E-state index contributed by atoms with van der Waals surface area (Å²) < 4.78 is 21.6. The first kappa shape index (κ1) is 16.4. The molecule has 1 aromatic heterocycles. The van der Waals surface area contributed by atoms with Gasteiger partial charge in [0.05, 0.1) is 26.7 Å². The molecule has 6 heteroatoms. The van der Waals surface area contributed by atoms with E-state index in [4.69, 9.17) is 18.9 Å². The highest BCUT2D eigenvalue weighted by Crippen LogP contribution is 2.30. The lowest BCUT2D eigenvalue weighted by Crippen LogP contribution is -2.09. The maximum absolute atomic E-state index is 11.5. The molecule has 1 aliphatic heterocycles. The van der Waals surface area contributed by atoms with Crippen molar-refractivity contribution in [2.45, 2.75) is 19.3 Å². The summed E-state index contributed by atoms with van der Waals surface area (Å²) in [6, 6.07) is 11.6. The molecule has 0 aliphatic carbocycles. The van der Waals surface area contributed by atoms with Crippen LogP contribution >= 0.6 is 0 Å². The standard InChI is InChI=1S/C18H19NO5/c1-21-16(20)10-14-9-15(24-12-13-5-3-2-4-6-13)17(19-11-14)18-22-7-8-23-18/h2-6,9,11,18H,7-8,10,12H2,1H3. The first-order valence-corrected chi connectivity index (χ1v) is 7.72. The first-order valence-electron chi connectivity index (χ1n) is 7.72. The number of esters is 1. The minimum absolute atomic E-state index is 0.137. The third-order valence-electron chi connectivity index (χ3n) is 3.60.